The van der Waals surface area contributed by atoms with Crippen molar-refractivity contribution >= 4 is 17.7 Å². The van der Waals surface area contributed by atoms with Crippen LogP contribution in [0.25, 0.3) is 0 Å². The van der Waals surface area contributed by atoms with Gasteiger partial charge < -0.3 is 11.1 Å². The van der Waals surface area contributed by atoms with Crippen molar-refractivity contribution in [2.45, 2.75) is 56.3 Å². The van der Waals surface area contributed by atoms with Gasteiger partial charge in [-0.2, -0.15) is 0 Å². The molecule has 0 aromatic heterocycles. The lowest BCUT2D eigenvalue weighted by molar-refractivity contribution is -0.117. The normalized spacial score (nSPS) is 13.3. The zero-order chi connectivity index (χ0) is 14.5. The van der Waals surface area contributed by atoms with Gasteiger partial charge >= 0.3 is 0 Å². The number of benzene rings is 1. The van der Waals surface area contributed by atoms with Crippen molar-refractivity contribution in [1.29, 1.82) is 0 Å². The molecule has 106 valence electrons. The second kappa shape index (κ2) is 6.96. The molecule has 0 bridgehead atoms. The van der Waals surface area contributed by atoms with Gasteiger partial charge in [0.15, 0.2) is 0 Å². The summed E-state index contributed by atoms with van der Waals surface area (Å²) in [4.78, 5) is 12.4. The Bertz CT molecular complexity index is 426. The Morgan fingerprint density at radius 2 is 2.11 bits per heavy atom. The van der Waals surface area contributed by atoms with Crippen molar-refractivity contribution in [2.24, 2.45) is 5.73 Å². The highest BCUT2D eigenvalue weighted by atomic mass is 32.2. The maximum absolute atomic E-state index is 11.3. The molecule has 3 N–H and O–H groups in total. The van der Waals surface area contributed by atoms with Crippen LogP contribution in [0.1, 0.15) is 39.7 Å². The molecule has 0 saturated heterocycles. The van der Waals surface area contributed by atoms with Gasteiger partial charge in [-0.25, -0.2) is 0 Å². The Kier molecular flexibility index (Phi) is 5.88. The van der Waals surface area contributed by atoms with E-state index in [1.165, 1.54) is 5.56 Å². The van der Waals surface area contributed by atoms with Crippen LogP contribution in [-0.4, -0.2) is 16.7 Å². The number of primary amides is 1. The number of hydrogen-bond acceptors (Lipinski definition) is 3. The minimum atomic E-state index is -0.245. The first kappa shape index (κ1) is 16.1. The largest absolute Gasteiger partial charge is 0.369 e. The minimum absolute atomic E-state index is 0.0995. The molecule has 1 unspecified atom stereocenters. The molecular weight excluding hydrogens is 256 g/mol. The van der Waals surface area contributed by atoms with Gasteiger partial charge in [0.2, 0.25) is 5.91 Å². The summed E-state index contributed by atoms with van der Waals surface area (Å²) in [5, 5.41) is 3.31. The van der Waals surface area contributed by atoms with E-state index in [0.717, 1.165) is 17.9 Å². The topological polar surface area (TPSA) is 55.1 Å². The molecule has 4 heteroatoms. The van der Waals surface area contributed by atoms with Crippen LogP contribution in [0.15, 0.2) is 29.2 Å². The number of rotatable bonds is 6. The number of nitrogens with two attached hydrogens (primary N) is 1. The van der Waals surface area contributed by atoms with Crippen LogP contribution in [0.2, 0.25) is 0 Å². The summed E-state index contributed by atoms with van der Waals surface area (Å²) in [6.45, 7) is 9.24. The molecule has 1 aromatic rings. The molecular formula is C15H24N2OS. The first-order valence-corrected chi connectivity index (χ1v) is 7.49. The zero-order valence-corrected chi connectivity index (χ0v) is 13.0. The highest BCUT2D eigenvalue weighted by Crippen LogP contribution is 2.26. The van der Waals surface area contributed by atoms with Crippen molar-refractivity contribution < 1.29 is 4.79 Å². The first-order valence-electron chi connectivity index (χ1n) is 6.62. The van der Waals surface area contributed by atoms with Gasteiger partial charge in [-0.3, -0.25) is 4.79 Å². The Labute approximate surface area is 120 Å². The molecule has 1 aromatic carbocycles. The molecule has 19 heavy (non-hydrogen) atoms. The molecule has 0 aliphatic rings. The molecule has 0 radical (unpaired) electrons. The smallest absolute Gasteiger partial charge is 0.230 e. The summed E-state index contributed by atoms with van der Waals surface area (Å²) < 4.78 is 0. The fourth-order valence-corrected chi connectivity index (χ4v) is 2.59. The van der Waals surface area contributed by atoms with Gasteiger partial charge in [-0.1, -0.05) is 19.1 Å². The average Bonchev–Trinajstić information content (AvgIpc) is 2.33. The Morgan fingerprint density at radius 3 is 2.63 bits per heavy atom. The quantitative estimate of drug-likeness (QED) is 0.788. The molecule has 0 saturated carbocycles. The maximum atomic E-state index is 11.3. The predicted octanol–water partition coefficient (Wildman–Crippen LogP) is 2.93. The van der Waals surface area contributed by atoms with E-state index in [0.29, 0.717) is 0 Å². The maximum Gasteiger partial charge on any atom is 0.230 e. The van der Waals surface area contributed by atoms with Gasteiger partial charge in [-0.05, 0) is 44.9 Å². The van der Waals surface area contributed by atoms with Crippen LogP contribution in [0, 0.1) is 0 Å². The van der Waals surface area contributed by atoms with Crippen molar-refractivity contribution in [3.05, 3.63) is 29.8 Å². The monoisotopic (exact) mass is 280 g/mol. The fraction of sp³-hybridized carbons (Fsp3) is 0.533. The molecule has 0 spiro atoms. The van der Waals surface area contributed by atoms with E-state index in [1.807, 2.05) is 19.1 Å². The minimum Gasteiger partial charge on any atom is -0.369 e. The summed E-state index contributed by atoms with van der Waals surface area (Å²) in [7, 11) is 0. The summed E-state index contributed by atoms with van der Waals surface area (Å²) in [6, 6.07) is 8.26. The van der Waals surface area contributed by atoms with E-state index in [1.54, 1.807) is 11.8 Å². The van der Waals surface area contributed by atoms with Crippen LogP contribution >= 0.6 is 11.8 Å². The number of amides is 1. The molecule has 3 nitrogen and oxygen atoms in total. The van der Waals surface area contributed by atoms with E-state index in [2.05, 4.69) is 38.2 Å². The first-order chi connectivity index (χ1) is 8.81. The van der Waals surface area contributed by atoms with Crippen LogP contribution in [0.5, 0.6) is 0 Å². The molecule has 0 heterocycles. The van der Waals surface area contributed by atoms with Crippen LogP contribution in [-0.2, 0) is 11.3 Å². The average molecular weight is 280 g/mol. The third kappa shape index (κ3) is 6.12. The number of thioether (sulfide) groups is 1. The predicted molar refractivity (Wildman–Crippen MR) is 82.2 cm³/mol. The van der Waals surface area contributed by atoms with E-state index in [-0.39, 0.29) is 16.7 Å². The van der Waals surface area contributed by atoms with Crippen molar-refractivity contribution in [3.63, 3.8) is 0 Å². The number of carbonyl (C=O) groups is 1. The zero-order valence-electron chi connectivity index (χ0n) is 12.2. The van der Waals surface area contributed by atoms with Gasteiger partial charge in [0.05, 0.1) is 5.25 Å². The molecule has 0 fully saturated rings. The molecule has 0 aliphatic heterocycles. The Balaban J connectivity index is 2.69. The molecule has 1 rings (SSSR count). The van der Waals surface area contributed by atoms with Gasteiger partial charge in [0.25, 0.3) is 0 Å². The summed E-state index contributed by atoms with van der Waals surface area (Å²) in [5.74, 6) is -0.245. The van der Waals surface area contributed by atoms with Crippen molar-refractivity contribution in [2.75, 3.05) is 0 Å². The van der Waals surface area contributed by atoms with E-state index in [9.17, 15) is 4.79 Å². The lowest BCUT2D eigenvalue weighted by Gasteiger charge is -2.20. The van der Waals surface area contributed by atoms with Gasteiger partial charge in [0.1, 0.15) is 0 Å². The second-order valence-electron chi connectivity index (χ2n) is 5.67. The van der Waals surface area contributed by atoms with E-state index in [4.69, 9.17) is 5.73 Å². The third-order valence-electron chi connectivity index (χ3n) is 2.69. The van der Waals surface area contributed by atoms with Crippen molar-refractivity contribution in [3.8, 4) is 0 Å². The summed E-state index contributed by atoms with van der Waals surface area (Å²) in [5.41, 5.74) is 6.70. The number of nitrogens with one attached hydrogen (secondary N) is 1. The highest BCUT2D eigenvalue weighted by Gasteiger charge is 2.14. The van der Waals surface area contributed by atoms with Crippen LogP contribution in [0.4, 0.5) is 0 Å². The molecule has 1 amide bonds. The van der Waals surface area contributed by atoms with E-state index < -0.39 is 0 Å². The Hall–Kier alpha value is -1.00. The summed E-state index contributed by atoms with van der Waals surface area (Å²) in [6.07, 6.45) is 0.754. The van der Waals surface area contributed by atoms with Crippen molar-refractivity contribution in [1.82, 2.24) is 5.32 Å². The van der Waals surface area contributed by atoms with Crippen LogP contribution < -0.4 is 11.1 Å². The lowest BCUT2D eigenvalue weighted by Crippen LogP contribution is -2.35. The third-order valence-corrected chi connectivity index (χ3v) is 4.06. The van der Waals surface area contributed by atoms with Crippen LogP contribution in [0.3, 0.4) is 0 Å². The summed E-state index contributed by atoms with van der Waals surface area (Å²) >= 11 is 1.54. The van der Waals surface area contributed by atoms with Gasteiger partial charge in [0, 0.05) is 17.0 Å². The number of hydrogen-bond donors (Lipinski definition) is 2. The second-order valence-corrected chi connectivity index (χ2v) is 6.94. The lowest BCUT2D eigenvalue weighted by atomic mass is 10.1. The number of carbonyl (C=O) groups excluding carboxylic acids is 1. The SMILES string of the molecule is CCC(Sc1cccc(CNC(C)(C)C)c1)C(N)=O. The van der Waals surface area contributed by atoms with Gasteiger partial charge in [-0.15, -0.1) is 11.8 Å². The molecule has 0 aliphatic carbocycles. The molecule has 1 atom stereocenters. The highest BCUT2D eigenvalue weighted by molar-refractivity contribution is 8.00. The fourth-order valence-electron chi connectivity index (χ4n) is 1.60. The standard InChI is InChI=1S/C15H24N2OS/c1-5-13(14(16)18)19-12-8-6-7-11(9-12)10-17-15(2,3)4/h6-9,13,17H,5,10H2,1-4H3,(H2,16,18). The Morgan fingerprint density at radius 1 is 1.42 bits per heavy atom. The van der Waals surface area contributed by atoms with E-state index >= 15 is 0 Å².